The van der Waals surface area contributed by atoms with Gasteiger partial charge in [0, 0.05) is 23.1 Å². The Morgan fingerprint density at radius 3 is 2.43 bits per heavy atom. The molecule has 0 bridgehead atoms. The average molecular weight is 400 g/mol. The van der Waals surface area contributed by atoms with Gasteiger partial charge in [-0.15, -0.1) is 0 Å². The van der Waals surface area contributed by atoms with Gasteiger partial charge in [0.1, 0.15) is 5.75 Å². The molecule has 0 unspecified atom stereocenters. The predicted molar refractivity (Wildman–Crippen MR) is 107 cm³/mol. The first-order valence-corrected chi connectivity index (χ1v) is 9.30. The van der Waals surface area contributed by atoms with Crippen molar-refractivity contribution in [2.45, 2.75) is 25.8 Å². The number of amides is 1. The molecule has 0 aliphatic carbocycles. The number of esters is 1. The van der Waals surface area contributed by atoms with E-state index in [2.05, 4.69) is 0 Å². The second-order valence-corrected chi connectivity index (χ2v) is 7.00. The molecule has 1 amide bonds. The molecule has 5 nitrogen and oxygen atoms in total. The highest BCUT2D eigenvalue weighted by Crippen LogP contribution is 2.40. The van der Waals surface area contributed by atoms with Crippen molar-refractivity contribution in [2.75, 3.05) is 14.2 Å². The molecule has 3 rings (SSSR count). The third kappa shape index (κ3) is 3.90. The monoisotopic (exact) mass is 399 g/mol. The summed E-state index contributed by atoms with van der Waals surface area (Å²) in [5.74, 6) is -0.198. The lowest BCUT2D eigenvalue weighted by Gasteiger charge is -2.34. The van der Waals surface area contributed by atoms with E-state index in [1.54, 1.807) is 25.0 Å². The number of carbonyl (C=O) groups is 2. The number of allylic oxidation sites excluding steroid dienone is 1. The van der Waals surface area contributed by atoms with E-state index < -0.39 is 11.9 Å². The summed E-state index contributed by atoms with van der Waals surface area (Å²) >= 11 is 6.35. The third-order valence-corrected chi connectivity index (χ3v) is 5.35. The van der Waals surface area contributed by atoms with Gasteiger partial charge in [0.15, 0.2) is 0 Å². The number of benzene rings is 2. The van der Waals surface area contributed by atoms with Crippen LogP contribution >= 0.6 is 11.6 Å². The first-order valence-electron chi connectivity index (χ1n) is 8.93. The minimum atomic E-state index is -0.449. The summed E-state index contributed by atoms with van der Waals surface area (Å²) in [4.78, 5) is 27.2. The second-order valence-electron chi connectivity index (χ2n) is 6.60. The highest BCUT2D eigenvalue weighted by molar-refractivity contribution is 6.31. The Morgan fingerprint density at radius 2 is 1.82 bits per heavy atom. The van der Waals surface area contributed by atoms with Gasteiger partial charge in [-0.2, -0.15) is 0 Å². The molecule has 1 heterocycles. The number of hydrogen-bond donors (Lipinski definition) is 0. The van der Waals surface area contributed by atoms with Crippen LogP contribution in [0.25, 0.3) is 0 Å². The minimum absolute atomic E-state index is 0.0640. The lowest BCUT2D eigenvalue weighted by atomic mass is 9.83. The van der Waals surface area contributed by atoms with Gasteiger partial charge in [-0.3, -0.25) is 4.79 Å². The number of halogens is 1. The molecule has 28 heavy (non-hydrogen) atoms. The van der Waals surface area contributed by atoms with Crippen molar-refractivity contribution in [3.63, 3.8) is 0 Å². The molecule has 2 aromatic rings. The van der Waals surface area contributed by atoms with Gasteiger partial charge in [-0.1, -0.05) is 41.9 Å². The predicted octanol–water partition coefficient (Wildman–Crippen LogP) is 4.31. The number of carbonyl (C=O) groups excluding carboxylic acids is 2. The van der Waals surface area contributed by atoms with Crippen molar-refractivity contribution < 1.29 is 19.1 Å². The van der Waals surface area contributed by atoms with Crippen molar-refractivity contribution in [1.29, 1.82) is 0 Å². The van der Waals surface area contributed by atoms with Crippen LogP contribution in [0.1, 0.15) is 30.4 Å². The van der Waals surface area contributed by atoms with Gasteiger partial charge in [0.05, 0.1) is 26.3 Å². The van der Waals surface area contributed by atoms with E-state index in [9.17, 15) is 9.59 Å². The number of hydrogen-bond acceptors (Lipinski definition) is 4. The SMILES string of the molecule is COC(=O)C1=C(C)N(Cc2ccc(OC)cc2)C(=O)C[C@@H]1c1ccccc1Cl. The third-order valence-electron chi connectivity index (χ3n) is 5.01. The van der Waals surface area contributed by atoms with E-state index in [1.165, 1.54) is 7.11 Å². The molecule has 0 N–H and O–H groups in total. The Balaban J connectivity index is 2.00. The van der Waals surface area contributed by atoms with Gasteiger partial charge < -0.3 is 14.4 Å². The molecule has 0 saturated heterocycles. The van der Waals surface area contributed by atoms with E-state index in [0.29, 0.717) is 22.8 Å². The van der Waals surface area contributed by atoms with Crippen molar-refractivity contribution in [3.05, 3.63) is 76.0 Å². The van der Waals surface area contributed by atoms with Crippen molar-refractivity contribution in [1.82, 2.24) is 4.90 Å². The molecule has 2 aromatic carbocycles. The maximum Gasteiger partial charge on any atom is 0.336 e. The highest BCUT2D eigenvalue weighted by Gasteiger charge is 2.37. The Bertz CT molecular complexity index is 920. The smallest absolute Gasteiger partial charge is 0.336 e. The van der Waals surface area contributed by atoms with Crippen molar-refractivity contribution in [2.24, 2.45) is 0 Å². The molecule has 0 radical (unpaired) electrons. The van der Waals surface area contributed by atoms with Crippen LogP contribution in [0.2, 0.25) is 5.02 Å². The Hall–Kier alpha value is -2.79. The van der Waals surface area contributed by atoms with E-state index in [0.717, 1.165) is 16.9 Å². The number of ether oxygens (including phenoxy) is 2. The molecule has 1 aliphatic heterocycles. The van der Waals surface area contributed by atoms with Gasteiger partial charge in [0.25, 0.3) is 0 Å². The van der Waals surface area contributed by atoms with Crippen LogP contribution in [0, 0.1) is 0 Å². The Kier molecular flexibility index (Phi) is 6.05. The van der Waals surface area contributed by atoms with E-state index >= 15 is 0 Å². The summed E-state index contributed by atoms with van der Waals surface area (Å²) in [6.45, 7) is 2.14. The summed E-state index contributed by atoms with van der Waals surface area (Å²) in [6.07, 6.45) is 0.154. The minimum Gasteiger partial charge on any atom is -0.497 e. The van der Waals surface area contributed by atoms with Crippen LogP contribution in [-0.2, 0) is 20.9 Å². The zero-order valence-corrected chi connectivity index (χ0v) is 16.8. The fourth-order valence-corrected chi connectivity index (χ4v) is 3.78. The molecule has 0 saturated carbocycles. The van der Waals surface area contributed by atoms with Crippen LogP contribution in [-0.4, -0.2) is 31.0 Å². The Labute approximate surface area is 169 Å². The fraction of sp³-hybridized carbons (Fsp3) is 0.273. The summed E-state index contributed by atoms with van der Waals surface area (Å²) in [7, 11) is 2.95. The van der Waals surface area contributed by atoms with Gasteiger partial charge in [-0.05, 0) is 36.2 Å². The largest absolute Gasteiger partial charge is 0.497 e. The van der Waals surface area contributed by atoms with Crippen LogP contribution in [0.3, 0.4) is 0 Å². The van der Waals surface area contributed by atoms with Crippen molar-refractivity contribution in [3.8, 4) is 5.75 Å². The van der Waals surface area contributed by atoms with E-state index in [1.807, 2.05) is 42.5 Å². The average Bonchev–Trinajstić information content (AvgIpc) is 2.71. The van der Waals surface area contributed by atoms with Crippen LogP contribution < -0.4 is 4.74 Å². The summed E-state index contributed by atoms with van der Waals surface area (Å²) in [6, 6.07) is 14.8. The van der Waals surface area contributed by atoms with E-state index in [-0.39, 0.29) is 12.3 Å². The highest BCUT2D eigenvalue weighted by atomic mass is 35.5. The van der Waals surface area contributed by atoms with Crippen molar-refractivity contribution >= 4 is 23.5 Å². The summed E-state index contributed by atoms with van der Waals surface area (Å²) in [5.41, 5.74) is 2.74. The normalized spacial score (nSPS) is 16.9. The van der Waals surface area contributed by atoms with Crippen LogP contribution in [0.4, 0.5) is 0 Å². The zero-order chi connectivity index (χ0) is 20.3. The molecule has 1 aliphatic rings. The fourth-order valence-electron chi connectivity index (χ4n) is 3.51. The molecular formula is C22H22ClNO4. The standard InChI is InChI=1S/C22H22ClNO4/c1-14-21(22(26)28-3)18(17-6-4-5-7-19(17)23)12-20(25)24(14)13-15-8-10-16(27-2)11-9-15/h4-11,18H,12-13H2,1-3H3/t18-/m1/s1. The lowest BCUT2D eigenvalue weighted by Crippen LogP contribution is -2.38. The molecule has 0 spiro atoms. The number of rotatable bonds is 5. The molecule has 0 aromatic heterocycles. The van der Waals surface area contributed by atoms with Crippen LogP contribution in [0.15, 0.2) is 59.8 Å². The lowest BCUT2D eigenvalue weighted by molar-refractivity contribution is -0.138. The topological polar surface area (TPSA) is 55.8 Å². The number of methoxy groups -OCH3 is 2. The second kappa shape index (κ2) is 8.48. The molecular weight excluding hydrogens is 378 g/mol. The van der Waals surface area contributed by atoms with Crippen LogP contribution in [0.5, 0.6) is 5.75 Å². The molecule has 0 fully saturated rings. The van der Waals surface area contributed by atoms with Gasteiger partial charge >= 0.3 is 5.97 Å². The first-order chi connectivity index (χ1) is 13.5. The summed E-state index contributed by atoms with van der Waals surface area (Å²) < 4.78 is 10.2. The maximum absolute atomic E-state index is 13.0. The van der Waals surface area contributed by atoms with Gasteiger partial charge in [-0.25, -0.2) is 4.79 Å². The maximum atomic E-state index is 13.0. The van der Waals surface area contributed by atoms with Gasteiger partial charge in [0.2, 0.25) is 5.91 Å². The molecule has 6 heteroatoms. The number of nitrogens with zero attached hydrogens (tertiary/aromatic N) is 1. The van der Waals surface area contributed by atoms with E-state index in [4.69, 9.17) is 21.1 Å². The quantitative estimate of drug-likeness (QED) is 0.703. The zero-order valence-electron chi connectivity index (χ0n) is 16.1. The molecule has 146 valence electrons. The summed E-state index contributed by atoms with van der Waals surface area (Å²) in [5, 5.41) is 0.526. The molecule has 1 atom stereocenters. The Morgan fingerprint density at radius 1 is 1.14 bits per heavy atom. The first kappa shape index (κ1) is 20.0.